The van der Waals surface area contributed by atoms with Gasteiger partial charge in [0, 0.05) is 4.47 Å². The number of nitrogens with zero attached hydrogens (tertiary/aromatic N) is 1. The molecule has 1 aromatic rings. The van der Waals surface area contributed by atoms with Crippen LogP contribution in [-0.4, -0.2) is 42.1 Å². The largest absolute Gasteiger partial charge is 0.482 e. The Kier molecular flexibility index (Phi) is 5.25. The average molecular weight is 385 g/mol. The van der Waals surface area contributed by atoms with Crippen molar-refractivity contribution in [2.45, 2.75) is 19.9 Å². The first-order valence-corrected chi connectivity index (χ1v) is 7.83. The second-order valence-electron chi connectivity index (χ2n) is 5.51. The maximum atomic E-state index is 12.1. The number of amides is 2. The van der Waals surface area contributed by atoms with E-state index in [1.54, 1.807) is 32.0 Å². The molecule has 1 aliphatic rings. The molecular weight excluding hydrogens is 368 g/mol. The van der Waals surface area contributed by atoms with Crippen LogP contribution in [0.25, 0.3) is 0 Å². The van der Waals surface area contributed by atoms with Crippen molar-refractivity contribution in [2.24, 2.45) is 5.92 Å². The van der Waals surface area contributed by atoms with Gasteiger partial charge in [-0.25, -0.2) is 4.79 Å². The number of ether oxygens (including phenoxy) is 1. The smallest absolute Gasteiger partial charge is 0.326 e. The van der Waals surface area contributed by atoms with Gasteiger partial charge >= 0.3 is 5.97 Å². The molecule has 0 aliphatic carbocycles. The van der Waals surface area contributed by atoms with Crippen LogP contribution in [0.5, 0.6) is 5.75 Å². The van der Waals surface area contributed by atoms with Crippen LogP contribution in [0, 0.1) is 5.92 Å². The van der Waals surface area contributed by atoms with Crippen LogP contribution in [0.1, 0.15) is 13.8 Å². The lowest BCUT2D eigenvalue weighted by atomic mass is 10.0. The molecule has 2 N–H and O–H groups in total. The quantitative estimate of drug-likeness (QED) is 0.799. The second-order valence-corrected chi connectivity index (χ2v) is 6.42. The van der Waals surface area contributed by atoms with Crippen molar-refractivity contribution in [3.63, 3.8) is 0 Å². The minimum Gasteiger partial charge on any atom is -0.482 e. The van der Waals surface area contributed by atoms with E-state index in [0.717, 1.165) is 4.47 Å². The van der Waals surface area contributed by atoms with Gasteiger partial charge < -0.3 is 15.2 Å². The van der Waals surface area contributed by atoms with E-state index in [-0.39, 0.29) is 25.0 Å². The van der Waals surface area contributed by atoms with E-state index in [2.05, 4.69) is 21.2 Å². The Morgan fingerprint density at radius 1 is 1.43 bits per heavy atom. The van der Waals surface area contributed by atoms with Gasteiger partial charge in [0.25, 0.3) is 5.91 Å². The van der Waals surface area contributed by atoms with Crippen molar-refractivity contribution in [3.8, 4) is 5.75 Å². The van der Waals surface area contributed by atoms with Crippen LogP contribution < -0.4 is 15.0 Å². The van der Waals surface area contributed by atoms with Gasteiger partial charge in [0.2, 0.25) is 5.91 Å². The number of nitrogens with one attached hydrogen (secondary N) is 1. The van der Waals surface area contributed by atoms with Crippen LogP contribution in [0.3, 0.4) is 0 Å². The molecule has 1 aliphatic heterocycles. The number of anilines is 1. The molecule has 0 radical (unpaired) electrons. The zero-order valence-corrected chi connectivity index (χ0v) is 14.3. The summed E-state index contributed by atoms with van der Waals surface area (Å²) in [5.41, 5.74) is 0.482. The number of hydrogen-bond donors (Lipinski definition) is 2. The van der Waals surface area contributed by atoms with Crippen LogP contribution in [0.2, 0.25) is 0 Å². The van der Waals surface area contributed by atoms with E-state index in [9.17, 15) is 14.4 Å². The van der Waals surface area contributed by atoms with Crippen molar-refractivity contribution in [1.29, 1.82) is 0 Å². The minimum atomic E-state index is -1.11. The molecule has 7 nitrogen and oxygen atoms in total. The zero-order valence-electron chi connectivity index (χ0n) is 12.7. The van der Waals surface area contributed by atoms with Crippen LogP contribution in [0.15, 0.2) is 22.7 Å². The van der Waals surface area contributed by atoms with E-state index in [1.807, 2.05) is 0 Å². The standard InChI is InChI=1S/C15H17BrN2O5/c1-8(2)14(15(21)22)17-12(19)6-18-10-4-3-9(16)5-11(10)23-7-13(18)20/h3-5,8,14H,6-7H2,1-2H3,(H,17,19)(H,21,22)/t14-/m0/s1. The summed E-state index contributed by atoms with van der Waals surface area (Å²) in [4.78, 5) is 36.6. The van der Waals surface area contributed by atoms with Gasteiger partial charge in [-0.15, -0.1) is 0 Å². The second kappa shape index (κ2) is 6.99. The van der Waals surface area contributed by atoms with Gasteiger partial charge in [-0.1, -0.05) is 29.8 Å². The van der Waals surface area contributed by atoms with Crippen molar-refractivity contribution >= 4 is 39.4 Å². The summed E-state index contributed by atoms with van der Waals surface area (Å²) in [6.45, 7) is 2.98. The summed E-state index contributed by atoms with van der Waals surface area (Å²) in [5.74, 6) is -1.77. The zero-order chi connectivity index (χ0) is 17.1. The predicted molar refractivity (Wildman–Crippen MR) is 86.4 cm³/mol. The third-order valence-electron chi connectivity index (χ3n) is 3.42. The Morgan fingerprint density at radius 3 is 2.74 bits per heavy atom. The molecule has 0 saturated carbocycles. The average Bonchev–Trinajstić information content (AvgIpc) is 2.47. The molecule has 0 spiro atoms. The van der Waals surface area contributed by atoms with Crippen LogP contribution >= 0.6 is 15.9 Å². The highest BCUT2D eigenvalue weighted by Gasteiger charge is 2.29. The number of aliphatic carboxylic acids is 1. The maximum absolute atomic E-state index is 12.1. The van der Waals surface area contributed by atoms with Crippen LogP contribution in [0.4, 0.5) is 5.69 Å². The third kappa shape index (κ3) is 4.01. The Labute approximate surface area is 141 Å². The molecule has 124 valence electrons. The first-order valence-electron chi connectivity index (χ1n) is 7.04. The van der Waals surface area contributed by atoms with Gasteiger partial charge in [0.15, 0.2) is 6.61 Å². The van der Waals surface area contributed by atoms with Crippen molar-refractivity contribution < 1.29 is 24.2 Å². The van der Waals surface area contributed by atoms with E-state index in [1.165, 1.54) is 4.90 Å². The molecule has 0 saturated heterocycles. The number of hydrogen-bond acceptors (Lipinski definition) is 4. The molecule has 1 aromatic carbocycles. The lowest BCUT2D eigenvalue weighted by molar-refractivity contribution is -0.142. The first kappa shape index (κ1) is 17.3. The number of rotatable bonds is 5. The van der Waals surface area contributed by atoms with Gasteiger partial charge in [0.1, 0.15) is 18.3 Å². The molecule has 23 heavy (non-hydrogen) atoms. The number of carboxylic acids is 1. The fraction of sp³-hybridized carbons (Fsp3) is 0.400. The monoisotopic (exact) mass is 384 g/mol. The summed E-state index contributed by atoms with van der Waals surface area (Å²) in [6.07, 6.45) is 0. The lowest BCUT2D eigenvalue weighted by Crippen LogP contribution is -2.50. The highest BCUT2D eigenvalue weighted by atomic mass is 79.9. The number of carbonyl (C=O) groups is 3. The predicted octanol–water partition coefficient (Wildman–Crippen LogP) is 1.40. The van der Waals surface area contributed by atoms with Crippen LogP contribution in [-0.2, 0) is 14.4 Å². The number of benzene rings is 1. The molecule has 1 atom stereocenters. The SMILES string of the molecule is CC(C)[C@H](NC(=O)CN1C(=O)COc2cc(Br)ccc21)C(=O)O. The van der Waals surface area contributed by atoms with Gasteiger partial charge in [-0.3, -0.25) is 14.5 Å². The fourth-order valence-corrected chi connectivity index (χ4v) is 2.57. The number of halogens is 1. The molecule has 2 rings (SSSR count). The molecule has 0 bridgehead atoms. The van der Waals surface area contributed by atoms with E-state index >= 15 is 0 Å². The maximum Gasteiger partial charge on any atom is 0.326 e. The van der Waals surface area contributed by atoms with Crippen molar-refractivity contribution in [1.82, 2.24) is 5.32 Å². The topological polar surface area (TPSA) is 95.9 Å². The fourth-order valence-electron chi connectivity index (χ4n) is 2.23. The van der Waals surface area contributed by atoms with E-state index in [4.69, 9.17) is 9.84 Å². The highest BCUT2D eigenvalue weighted by Crippen LogP contribution is 2.34. The molecule has 1 heterocycles. The van der Waals surface area contributed by atoms with Gasteiger partial charge in [-0.05, 0) is 24.1 Å². The third-order valence-corrected chi connectivity index (χ3v) is 3.91. The number of carbonyl (C=O) groups excluding carboxylic acids is 2. The first-order chi connectivity index (χ1) is 10.8. The Hall–Kier alpha value is -2.09. The van der Waals surface area contributed by atoms with Gasteiger partial charge in [0.05, 0.1) is 5.69 Å². The Morgan fingerprint density at radius 2 is 2.13 bits per heavy atom. The van der Waals surface area contributed by atoms with Gasteiger partial charge in [-0.2, -0.15) is 0 Å². The van der Waals surface area contributed by atoms with Crippen molar-refractivity contribution in [2.75, 3.05) is 18.1 Å². The number of carboxylic acid groups (broad SMARTS) is 1. The summed E-state index contributed by atoms with van der Waals surface area (Å²) in [5, 5.41) is 11.6. The number of fused-ring (bicyclic) bond motifs is 1. The molecule has 0 fully saturated rings. The molecular formula is C15H17BrN2O5. The molecule has 2 amide bonds. The minimum absolute atomic E-state index is 0.163. The van der Waals surface area contributed by atoms with Crippen molar-refractivity contribution in [3.05, 3.63) is 22.7 Å². The molecule has 0 aromatic heterocycles. The summed E-state index contributed by atoms with van der Waals surface area (Å²) >= 11 is 3.31. The summed E-state index contributed by atoms with van der Waals surface area (Å²) in [7, 11) is 0. The summed E-state index contributed by atoms with van der Waals surface area (Å²) in [6, 6.07) is 4.12. The molecule has 8 heteroatoms. The molecule has 0 unspecified atom stereocenters. The van der Waals surface area contributed by atoms with E-state index in [0.29, 0.717) is 11.4 Å². The van der Waals surface area contributed by atoms with E-state index < -0.39 is 17.9 Å². The Balaban J connectivity index is 2.15. The summed E-state index contributed by atoms with van der Waals surface area (Å²) < 4.78 is 6.13. The normalized spacial score (nSPS) is 15.0. The highest BCUT2D eigenvalue weighted by molar-refractivity contribution is 9.10. The lowest BCUT2D eigenvalue weighted by Gasteiger charge is -2.29. The Bertz CT molecular complexity index is 647.